The van der Waals surface area contributed by atoms with Gasteiger partial charge in [0.15, 0.2) is 5.78 Å². The Morgan fingerprint density at radius 1 is 1.44 bits per heavy atom. The van der Waals surface area contributed by atoms with E-state index in [4.69, 9.17) is 0 Å². The molecule has 0 aliphatic rings. The van der Waals surface area contributed by atoms with Crippen LogP contribution >= 0.6 is 0 Å². The molecule has 0 saturated heterocycles. The van der Waals surface area contributed by atoms with Gasteiger partial charge in [0.2, 0.25) is 0 Å². The second-order valence-corrected chi connectivity index (χ2v) is 3.44. The molecule has 1 aromatic rings. The average Bonchev–Trinajstić information content (AvgIpc) is 2.16. The number of allylic oxidation sites excluding steroid dienone is 1. The van der Waals surface area contributed by atoms with Gasteiger partial charge in [0.25, 0.3) is 0 Å². The lowest BCUT2D eigenvalue weighted by molar-refractivity contribution is -0.137. The first-order valence-electron chi connectivity index (χ1n) is 4.68. The van der Waals surface area contributed by atoms with E-state index >= 15 is 0 Å². The second-order valence-electron chi connectivity index (χ2n) is 3.44. The number of hydrogen-bond acceptors (Lipinski definition) is 1. The smallest absolute Gasteiger partial charge is 0.294 e. The minimum Gasteiger partial charge on any atom is -0.294 e. The molecule has 1 aromatic carbocycles. The van der Waals surface area contributed by atoms with Crippen LogP contribution in [-0.4, -0.2) is 5.78 Å². The maximum absolute atomic E-state index is 12.3. The van der Waals surface area contributed by atoms with Crippen molar-refractivity contribution in [1.29, 1.82) is 0 Å². The number of alkyl halides is 3. The van der Waals surface area contributed by atoms with Crippen molar-refractivity contribution in [3.63, 3.8) is 0 Å². The van der Waals surface area contributed by atoms with Gasteiger partial charge in [-0.25, -0.2) is 0 Å². The van der Waals surface area contributed by atoms with E-state index in [2.05, 4.69) is 6.58 Å². The molecule has 86 valence electrons. The minimum atomic E-state index is -4.37. The molecule has 0 aliphatic heterocycles. The SMILES string of the molecule is C=CCC(=O)c1ccc(C(F)(F)F)cc1C. The number of carbonyl (C=O) groups excluding carboxylic acids is 1. The standard InChI is InChI=1S/C12H11F3O/c1-3-4-11(16)10-6-5-9(7-8(10)2)12(13,14)15/h3,5-7H,1,4H2,2H3. The summed E-state index contributed by atoms with van der Waals surface area (Å²) < 4.78 is 37.0. The molecular weight excluding hydrogens is 217 g/mol. The van der Waals surface area contributed by atoms with Gasteiger partial charge < -0.3 is 0 Å². The van der Waals surface area contributed by atoms with Crippen LogP contribution in [0.4, 0.5) is 13.2 Å². The van der Waals surface area contributed by atoms with Crippen molar-refractivity contribution in [3.05, 3.63) is 47.5 Å². The van der Waals surface area contributed by atoms with Crippen molar-refractivity contribution in [2.75, 3.05) is 0 Å². The topological polar surface area (TPSA) is 17.1 Å². The molecule has 0 bridgehead atoms. The fourth-order valence-electron chi connectivity index (χ4n) is 1.39. The highest BCUT2D eigenvalue weighted by atomic mass is 19.4. The fourth-order valence-corrected chi connectivity index (χ4v) is 1.39. The van der Waals surface area contributed by atoms with Crippen molar-refractivity contribution in [2.45, 2.75) is 19.5 Å². The van der Waals surface area contributed by atoms with Crippen molar-refractivity contribution in [1.82, 2.24) is 0 Å². The fraction of sp³-hybridized carbons (Fsp3) is 0.250. The van der Waals surface area contributed by atoms with Crippen LogP contribution in [0.1, 0.15) is 27.9 Å². The zero-order valence-corrected chi connectivity index (χ0v) is 8.77. The van der Waals surface area contributed by atoms with Crippen LogP contribution in [0.2, 0.25) is 0 Å². The van der Waals surface area contributed by atoms with Gasteiger partial charge in [-0.15, -0.1) is 6.58 Å². The molecule has 0 spiro atoms. The lowest BCUT2D eigenvalue weighted by atomic mass is 10.00. The van der Waals surface area contributed by atoms with Gasteiger partial charge in [0, 0.05) is 12.0 Å². The number of carbonyl (C=O) groups is 1. The molecule has 0 atom stereocenters. The van der Waals surface area contributed by atoms with Gasteiger partial charge in [0.1, 0.15) is 0 Å². The minimum absolute atomic E-state index is 0.131. The van der Waals surface area contributed by atoms with Crippen molar-refractivity contribution in [3.8, 4) is 0 Å². The van der Waals surface area contributed by atoms with Crippen LogP contribution in [0.25, 0.3) is 0 Å². The van der Waals surface area contributed by atoms with Gasteiger partial charge in [-0.2, -0.15) is 13.2 Å². The number of ketones is 1. The molecule has 0 heterocycles. The molecule has 1 nitrogen and oxygen atoms in total. The molecule has 0 aromatic heterocycles. The Morgan fingerprint density at radius 3 is 2.50 bits per heavy atom. The van der Waals surface area contributed by atoms with Gasteiger partial charge >= 0.3 is 6.18 Å². The summed E-state index contributed by atoms with van der Waals surface area (Å²) in [5.74, 6) is -0.221. The van der Waals surface area contributed by atoms with E-state index in [0.717, 1.165) is 12.1 Å². The number of halogens is 3. The molecule has 0 radical (unpaired) electrons. The highest BCUT2D eigenvalue weighted by molar-refractivity contribution is 5.98. The van der Waals surface area contributed by atoms with Crippen LogP contribution < -0.4 is 0 Å². The molecule has 0 aliphatic carbocycles. The molecule has 16 heavy (non-hydrogen) atoms. The zero-order valence-electron chi connectivity index (χ0n) is 8.77. The van der Waals surface area contributed by atoms with Gasteiger partial charge in [0.05, 0.1) is 5.56 Å². The Balaban J connectivity index is 3.10. The Morgan fingerprint density at radius 2 is 2.06 bits per heavy atom. The molecule has 0 saturated carbocycles. The molecule has 1 rings (SSSR count). The molecule has 0 N–H and O–H groups in total. The Labute approximate surface area is 91.6 Å². The highest BCUT2D eigenvalue weighted by Crippen LogP contribution is 2.30. The molecule has 0 unspecified atom stereocenters. The molecular formula is C12H11F3O. The van der Waals surface area contributed by atoms with Gasteiger partial charge in [-0.3, -0.25) is 4.79 Å². The first-order valence-corrected chi connectivity index (χ1v) is 4.68. The summed E-state index contributed by atoms with van der Waals surface area (Å²) in [7, 11) is 0. The first kappa shape index (κ1) is 12.5. The number of aryl methyl sites for hydroxylation is 1. The third-order valence-corrected chi connectivity index (χ3v) is 2.18. The van der Waals surface area contributed by atoms with Crippen LogP contribution in [0.15, 0.2) is 30.9 Å². The predicted molar refractivity (Wildman–Crippen MR) is 55.3 cm³/mol. The summed E-state index contributed by atoms with van der Waals surface area (Å²) in [4.78, 5) is 11.5. The summed E-state index contributed by atoms with van der Waals surface area (Å²) in [5, 5.41) is 0. The van der Waals surface area contributed by atoms with E-state index < -0.39 is 11.7 Å². The van der Waals surface area contributed by atoms with E-state index in [1.54, 1.807) is 0 Å². The summed E-state index contributed by atoms with van der Waals surface area (Å²) in [6.07, 6.45) is -2.81. The maximum Gasteiger partial charge on any atom is 0.416 e. The lowest BCUT2D eigenvalue weighted by Crippen LogP contribution is -2.07. The van der Waals surface area contributed by atoms with E-state index in [0.29, 0.717) is 11.1 Å². The summed E-state index contributed by atoms with van der Waals surface area (Å²) in [5.41, 5.74) is -0.0882. The Bertz CT molecular complexity index is 419. The van der Waals surface area contributed by atoms with E-state index in [-0.39, 0.29) is 12.2 Å². The Hall–Kier alpha value is -1.58. The van der Waals surface area contributed by atoms with Crippen LogP contribution in [-0.2, 0) is 6.18 Å². The lowest BCUT2D eigenvalue weighted by Gasteiger charge is -2.09. The number of benzene rings is 1. The van der Waals surface area contributed by atoms with Crippen LogP contribution in [0.5, 0.6) is 0 Å². The van der Waals surface area contributed by atoms with Crippen LogP contribution in [0, 0.1) is 6.92 Å². The molecule has 0 fully saturated rings. The zero-order chi connectivity index (χ0) is 12.3. The average molecular weight is 228 g/mol. The van der Waals surface area contributed by atoms with E-state index in [9.17, 15) is 18.0 Å². The number of rotatable bonds is 3. The normalized spacial score (nSPS) is 11.2. The summed E-state index contributed by atoms with van der Waals surface area (Å²) >= 11 is 0. The third kappa shape index (κ3) is 2.72. The molecule has 0 amide bonds. The Kier molecular flexibility index (Phi) is 3.52. The second kappa shape index (κ2) is 4.51. The maximum atomic E-state index is 12.3. The van der Waals surface area contributed by atoms with Crippen molar-refractivity contribution in [2.24, 2.45) is 0 Å². The van der Waals surface area contributed by atoms with Crippen molar-refractivity contribution >= 4 is 5.78 Å². The number of Topliss-reactive ketones (excluding diaryl/α,β-unsaturated/α-hetero) is 1. The highest BCUT2D eigenvalue weighted by Gasteiger charge is 2.30. The van der Waals surface area contributed by atoms with Crippen molar-refractivity contribution < 1.29 is 18.0 Å². The van der Waals surface area contributed by atoms with Crippen LogP contribution in [0.3, 0.4) is 0 Å². The van der Waals surface area contributed by atoms with Gasteiger partial charge in [-0.1, -0.05) is 12.1 Å². The summed E-state index contributed by atoms with van der Waals surface area (Å²) in [6.45, 7) is 4.90. The molecule has 4 heteroatoms. The first-order chi connectivity index (χ1) is 7.36. The van der Waals surface area contributed by atoms with E-state index in [1.807, 2.05) is 0 Å². The van der Waals surface area contributed by atoms with E-state index in [1.165, 1.54) is 19.1 Å². The van der Waals surface area contributed by atoms with Gasteiger partial charge in [-0.05, 0) is 24.6 Å². The quantitative estimate of drug-likeness (QED) is 0.568. The largest absolute Gasteiger partial charge is 0.416 e. The number of hydrogen-bond donors (Lipinski definition) is 0. The monoisotopic (exact) mass is 228 g/mol. The third-order valence-electron chi connectivity index (χ3n) is 2.18. The summed E-state index contributed by atoms with van der Waals surface area (Å²) in [6, 6.07) is 3.11. The predicted octanol–water partition coefficient (Wildman–Crippen LogP) is 3.77.